The molecule has 5 heteroatoms. The lowest BCUT2D eigenvalue weighted by Gasteiger charge is -2.01. The summed E-state index contributed by atoms with van der Waals surface area (Å²) in [5, 5.41) is 3.31. The molecule has 4 nitrogen and oxygen atoms in total. The molecule has 1 aliphatic rings. The average Bonchev–Trinajstić information content (AvgIpc) is 2.51. The number of carbonyl (C=O) groups is 1. The minimum absolute atomic E-state index is 0. The predicted molar refractivity (Wildman–Crippen MR) is 64.0 cm³/mol. The Bertz CT molecular complexity index is 339. The van der Waals surface area contributed by atoms with Crippen molar-refractivity contribution in [1.82, 2.24) is 9.88 Å². The summed E-state index contributed by atoms with van der Waals surface area (Å²) in [6.07, 6.45) is 2.99. The second-order valence-corrected chi connectivity index (χ2v) is 3.66. The van der Waals surface area contributed by atoms with E-state index in [1.807, 2.05) is 19.2 Å². The number of ether oxygens (including phenoxy) is 1. The van der Waals surface area contributed by atoms with Crippen LogP contribution in [-0.2, 0) is 17.8 Å². The molecule has 2 heterocycles. The summed E-state index contributed by atoms with van der Waals surface area (Å²) in [5.74, 6) is -0.224. The van der Waals surface area contributed by atoms with Crippen molar-refractivity contribution < 1.29 is 9.53 Å². The van der Waals surface area contributed by atoms with Crippen LogP contribution >= 0.6 is 12.4 Å². The van der Waals surface area contributed by atoms with Gasteiger partial charge in [-0.25, -0.2) is 4.79 Å². The van der Waals surface area contributed by atoms with Gasteiger partial charge < -0.3 is 14.6 Å². The van der Waals surface area contributed by atoms with Crippen LogP contribution in [0.5, 0.6) is 0 Å². The number of halogens is 1. The first-order valence-electron chi connectivity index (χ1n) is 5.38. The smallest absolute Gasteiger partial charge is 0.339 e. The van der Waals surface area contributed by atoms with Crippen LogP contribution in [0, 0.1) is 0 Å². The standard InChI is InChI=1S/C11H16N2O2.ClH/c1-2-15-11(14)9-6-10-7-12-4-3-5-13(10)8-9;/h6,8,12H,2-5,7H2,1H3;1H. The van der Waals surface area contributed by atoms with Crippen LogP contribution in [0.4, 0.5) is 0 Å². The highest BCUT2D eigenvalue weighted by Gasteiger charge is 2.14. The van der Waals surface area contributed by atoms with Crippen LogP contribution in [0.15, 0.2) is 12.3 Å². The molecule has 0 amide bonds. The molecule has 2 rings (SSSR count). The predicted octanol–water partition coefficient (Wildman–Crippen LogP) is 1.58. The lowest BCUT2D eigenvalue weighted by atomic mass is 10.3. The van der Waals surface area contributed by atoms with Crippen LogP contribution in [-0.4, -0.2) is 23.7 Å². The maximum absolute atomic E-state index is 11.5. The Balaban J connectivity index is 0.00000128. The van der Waals surface area contributed by atoms with Crippen LogP contribution in [0.1, 0.15) is 29.4 Å². The van der Waals surface area contributed by atoms with E-state index >= 15 is 0 Å². The largest absolute Gasteiger partial charge is 0.462 e. The van der Waals surface area contributed by atoms with Gasteiger partial charge in [0.1, 0.15) is 0 Å². The van der Waals surface area contributed by atoms with Crippen molar-refractivity contribution >= 4 is 18.4 Å². The first-order valence-corrected chi connectivity index (χ1v) is 5.38. The molecule has 0 fully saturated rings. The molecule has 0 aliphatic carbocycles. The number of nitrogens with zero attached hydrogens (tertiary/aromatic N) is 1. The van der Waals surface area contributed by atoms with E-state index in [4.69, 9.17) is 4.74 Å². The zero-order chi connectivity index (χ0) is 10.7. The van der Waals surface area contributed by atoms with E-state index in [0.29, 0.717) is 12.2 Å². The number of hydrogen-bond acceptors (Lipinski definition) is 3. The zero-order valence-electron chi connectivity index (χ0n) is 9.36. The lowest BCUT2D eigenvalue weighted by molar-refractivity contribution is 0.0526. The van der Waals surface area contributed by atoms with E-state index in [0.717, 1.165) is 31.7 Å². The number of hydrogen-bond donors (Lipinski definition) is 1. The number of nitrogens with one attached hydrogen (secondary N) is 1. The van der Waals surface area contributed by atoms with Crippen molar-refractivity contribution in [2.24, 2.45) is 0 Å². The van der Waals surface area contributed by atoms with Crippen LogP contribution in [0.25, 0.3) is 0 Å². The zero-order valence-corrected chi connectivity index (χ0v) is 10.2. The maximum atomic E-state index is 11.5. The highest BCUT2D eigenvalue weighted by atomic mass is 35.5. The second kappa shape index (κ2) is 5.92. The van der Waals surface area contributed by atoms with Gasteiger partial charge in [-0.2, -0.15) is 0 Å². The summed E-state index contributed by atoms with van der Waals surface area (Å²) in [6, 6.07) is 1.91. The van der Waals surface area contributed by atoms with Gasteiger partial charge >= 0.3 is 5.97 Å². The Morgan fingerprint density at radius 3 is 3.19 bits per heavy atom. The van der Waals surface area contributed by atoms with Gasteiger partial charge in [-0.15, -0.1) is 12.4 Å². The topological polar surface area (TPSA) is 43.3 Å². The summed E-state index contributed by atoms with van der Waals surface area (Å²) in [6.45, 7) is 5.09. The molecule has 0 saturated carbocycles. The molecule has 90 valence electrons. The Labute approximate surface area is 101 Å². The highest BCUT2D eigenvalue weighted by molar-refractivity contribution is 5.89. The van der Waals surface area contributed by atoms with E-state index < -0.39 is 0 Å². The number of esters is 1. The summed E-state index contributed by atoms with van der Waals surface area (Å²) >= 11 is 0. The number of aromatic nitrogens is 1. The third-order valence-corrected chi connectivity index (χ3v) is 2.56. The van der Waals surface area contributed by atoms with Crippen molar-refractivity contribution in [2.45, 2.75) is 26.4 Å². The van der Waals surface area contributed by atoms with Crippen molar-refractivity contribution in [3.05, 3.63) is 23.5 Å². The summed E-state index contributed by atoms with van der Waals surface area (Å²) in [5.41, 5.74) is 1.83. The molecule has 0 atom stereocenters. The van der Waals surface area contributed by atoms with E-state index in [-0.39, 0.29) is 18.4 Å². The van der Waals surface area contributed by atoms with Crippen LogP contribution in [0.3, 0.4) is 0 Å². The molecule has 0 spiro atoms. The fraction of sp³-hybridized carbons (Fsp3) is 0.545. The Morgan fingerprint density at radius 2 is 2.44 bits per heavy atom. The number of rotatable bonds is 2. The van der Waals surface area contributed by atoms with Crippen molar-refractivity contribution in [3.63, 3.8) is 0 Å². The van der Waals surface area contributed by atoms with Crippen molar-refractivity contribution in [3.8, 4) is 0 Å². The van der Waals surface area contributed by atoms with Gasteiger partial charge in [0.15, 0.2) is 0 Å². The van der Waals surface area contributed by atoms with Gasteiger partial charge in [0.05, 0.1) is 12.2 Å². The lowest BCUT2D eigenvalue weighted by Crippen LogP contribution is -2.12. The maximum Gasteiger partial charge on any atom is 0.339 e. The fourth-order valence-corrected chi connectivity index (χ4v) is 1.83. The Morgan fingerprint density at radius 1 is 1.62 bits per heavy atom. The first kappa shape index (κ1) is 13.1. The summed E-state index contributed by atoms with van der Waals surface area (Å²) in [7, 11) is 0. The Kier molecular flexibility index (Phi) is 4.83. The molecule has 0 aromatic carbocycles. The molecule has 0 bridgehead atoms. The monoisotopic (exact) mass is 244 g/mol. The van der Waals surface area contributed by atoms with Gasteiger partial charge in [0.2, 0.25) is 0 Å². The summed E-state index contributed by atoms with van der Waals surface area (Å²) < 4.78 is 7.10. The second-order valence-electron chi connectivity index (χ2n) is 3.66. The van der Waals surface area contributed by atoms with Gasteiger partial charge in [0.25, 0.3) is 0 Å². The van der Waals surface area contributed by atoms with Gasteiger partial charge in [-0.1, -0.05) is 0 Å². The molecule has 1 N–H and O–H groups in total. The van der Waals surface area contributed by atoms with E-state index in [2.05, 4.69) is 9.88 Å². The molecule has 0 radical (unpaired) electrons. The molecule has 1 aromatic rings. The van der Waals surface area contributed by atoms with E-state index in [9.17, 15) is 4.79 Å². The molecule has 1 aromatic heterocycles. The highest BCUT2D eigenvalue weighted by Crippen LogP contribution is 2.12. The van der Waals surface area contributed by atoms with Gasteiger partial charge in [-0.05, 0) is 26.0 Å². The van der Waals surface area contributed by atoms with Crippen LogP contribution < -0.4 is 5.32 Å². The van der Waals surface area contributed by atoms with E-state index in [1.165, 1.54) is 0 Å². The quantitative estimate of drug-likeness (QED) is 0.804. The van der Waals surface area contributed by atoms with Crippen molar-refractivity contribution in [1.29, 1.82) is 0 Å². The minimum Gasteiger partial charge on any atom is -0.462 e. The molecular formula is C11H17ClN2O2. The molecule has 0 saturated heterocycles. The van der Waals surface area contributed by atoms with Crippen LogP contribution in [0.2, 0.25) is 0 Å². The molecule has 16 heavy (non-hydrogen) atoms. The SMILES string of the molecule is CCOC(=O)c1cc2n(c1)CCCNC2.Cl. The first-order chi connectivity index (χ1) is 7.31. The van der Waals surface area contributed by atoms with Crippen molar-refractivity contribution in [2.75, 3.05) is 13.2 Å². The average molecular weight is 245 g/mol. The number of fused-ring (bicyclic) bond motifs is 1. The minimum atomic E-state index is -0.224. The normalized spacial score (nSPS) is 14.6. The molecule has 1 aliphatic heterocycles. The van der Waals surface area contributed by atoms with E-state index in [1.54, 1.807) is 0 Å². The van der Waals surface area contributed by atoms with Gasteiger partial charge in [-0.3, -0.25) is 0 Å². The van der Waals surface area contributed by atoms with Gasteiger partial charge in [0, 0.05) is 25.0 Å². The Hall–Kier alpha value is -1.00. The number of aryl methyl sites for hydroxylation is 1. The third-order valence-electron chi connectivity index (χ3n) is 2.56. The molecular weight excluding hydrogens is 228 g/mol. The fourth-order valence-electron chi connectivity index (χ4n) is 1.83. The summed E-state index contributed by atoms with van der Waals surface area (Å²) in [4.78, 5) is 11.5. The molecule has 0 unspecified atom stereocenters. The third kappa shape index (κ3) is 2.77. The number of carbonyl (C=O) groups excluding carboxylic acids is 1.